The monoisotopic (exact) mass is 314 g/mol. The van der Waals surface area contributed by atoms with E-state index in [1.807, 2.05) is 30.3 Å². The van der Waals surface area contributed by atoms with Crippen molar-refractivity contribution in [3.8, 4) is 11.5 Å². The molecule has 0 bridgehead atoms. The Morgan fingerprint density at radius 1 is 1.23 bits per heavy atom. The van der Waals surface area contributed by atoms with Gasteiger partial charge in [-0.3, -0.25) is 0 Å². The Labute approximate surface area is 135 Å². The first kappa shape index (κ1) is 18.3. The standard InChI is InChI=1S/C19H26O2Si/c1-7-21-18(20)15-17(16-11-9-8-10-12-16)13-14-22(5,6)19(2,3)4/h8-12,15H,7H2,1-6H3/b17-15-. The fourth-order valence-electron chi connectivity index (χ4n) is 1.52. The van der Waals surface area contributed by atoms with Gasteiger partial charge in [-0.15, -0.1) is 5.54 Å². The Hall–Kier alpha value is -1.79. The van der Waals surface area contributed by atoms with Crippen LogP contribution in [0.25, 0.3) is 5.57 Å². The number of esters is 1. The molecule has 0 saturated carbocycles. The van der Waals surface area contributed by atoms with Crippen LogP contribution in [0.2, 0.25) is 18.1 Å². The zero-order valence-corrected chi connectivity index (χ0v) is 15.5. The summed E-state index contributed by atoms with van der Waals surface area (Å²) in [5.74, 6) is 2.90. The van der Waals surface area contributed by atoms with Crippen molar-refractivity contribution < 1.29 is 9.53 Å². The fourth-order valence-corrected chi connectivity index (χ4v) is 2.34. The molecule has 0 amide bonds. The number of rotatable bonds is 3. The van der Waals surface area contributed by atoms with Crippen molar-refractivity contribution in [1.29, 1.82) is 0 Å². The number of carbonyl (C=O) groups excluding carboxylic acids is 1. The molecule has 0 spiro atoms. The molecule has 118 valence electrons. The molecule has 0 aromatic heterocycles. The summed E-state index contributed by atoms with van der Waals surface area (Å²) in [4.78, 5) is 11.8. The topological polar surface area (TPSA) is 26.3 Å². The molecule has 1 rings (SSSR count). The van der Waals surface area contributed by atoms with E-state index in [1.54, 1.807) is 6.92 Å². The number of carbonyl (C=O) groups is 1. The van der Waals surface area contributed by atoms with Crippen molar-refractivity contribution >= 4 is 19.6 Å². The average Bonchev–Trinajstić information content (AvgIpc) is 2.43. The number of hydrogen-bond acceptors (Lipinski definition) is 2. The molecule has 0 atom stereocenters. The highest BCUT2D eigenvalue weighted by molar-refractivity contribution is 6.87. The van der Waals surface area contributed by atoms with E-state index in [4.69, 9.17) is 4.74 Å². The van der Waals surface area contributed by atoms with E-state index in [2.05, 4.69) is 45.3 Å². The molecule has 0 saturated heterocycles. The van der Waals surface area contributed by atoms with Gasteiger partial charge in [0.15, 0.2) is 0 Å². The molecule has 22 heavy (non-hydrogen) atoms. The second-order valence-corrected chi connectivity index (χ2v) is 11.8. The Bertz CT molecular complexity index is 596. The van der Waals surface area contributed by atoms with E-state index in [-0.39, 0.29) is 11.0 Å². The van der Waals surface area contributed by atoms with Crippen LogP contribution in [0.1, 0.15) is 33.3 Å². The zero-order chi connectivity index (χ0) is 16.8. The van der Waals surface area contributed by atoms with Crippen molar-refractivity contribution in [3.63, 3.8) is 0 Å². The van der Waals surface area contributed by atoms with Crippen molar-refractivity contribution in [1.82, 2.24) is 0 Å². The van der Waals surface area contributed by atoms with Crippen LogP contribution in [0.4, 0.5) is 0 Å². The highest BCUT2D eigenvalue weighted by atomic mass is 28.3. The van der Waals surface area contributed by atoms with Crippen molar-refractivity contribution in [2.75, 3.05) is 6.61 Å². The van der Waals surface area contributed by atoms with E-state index in [9.17, 15) is 4.79 Å². The molecule has 1 aromatic carbocycles. The minimum Gasteiger partial charge on any atom is -0.463 e. The number of allylic oxidation sites excluding steroid dienone is 1. The Morgan fingerprint density at radius 2 is 1.82 bits per heavy atom. The minimum absolute atomic E-state index is 0.186. The molecule has 0 aliphatic heterocycles. The third kappa shape index (κ3) is 5.20. The fraction of sp³-hybridized carbons (Fsp3) is 0.421. The molecular weight excluding hydrogens is 288 g/mol. The maximum absolute atomic E-state index is 11.8. The molecule has 0 aliphatic rings. The van der Waals surface area contributed by atoms with Crippen LogP contribution >= 0.6 is 0 Å². The van der Waals surface area contributed by atoms with Gasteiger partial charge in [0.2, 0.25) is 0 Å². The summed E-state index contributed by atoms with van der Waals surface area (Å²) in [6, 6.07) is 9.77. The van der Waals surface area contributed by atoms with Crippen LogP contribution in [0.15, 0.2) is 36.4 Å². The average molecular weight is 315 g/mol. The Morgan fingerprint density at radius 3 is 2.32 bits per heavy atom. The second kappa shape index (κ2) is 7.46. The normalized spacial score (nSPS) is 12.4. The van der Waals surface area contributed by atoms with Gasteiger partial charge in [0.1, 0.15) is 8.07 Å². The summed E-state index contributed by atoms with van der Waals surface area (Å²) in [7, 11) is -1.72. The first-order chi connectivity index (χ1) is 10.2. The molecule has 0 aliphatic carbocycles. The van der Waals surface area contributed by atoms with E-state index in [0.717, 1.165) is 11.1 Å². The lowest BCUT2D eigenvalue weighted by Crippen LogP contribution is -2.35. The lowest BCUT2D eigenvalue weighted by molar-refractivity contribution is -0.137. The number of benzene rings is 1. The van der Waals surface area contributed by atoms with Gasteiger partial charge in [-0.25, -0.2) is 4.79 Å². The zero-order valence-electron chi connectivity index (χ0n) is 14.5. The van der Waals surface area contributed by atoms with Crippen LogP contribution < -0.4 is 0 Å². The van der Waals surface area contributed by atoms with E-state index in [0.29, 0.717) is 6.61 Å². The molecule has 1 aromatic rings. The maximum Gasteiger partial charge on any atom is 0.332 e. The quantitative estimate of drug-likeness (QED) is 0.350. The Balaban J connectivity index is 3.23. The SMILES string of the molecule is CCOC(=O)/C=C(/C#C[Si](C)(C)C(C)(C)C)c1ccccc1. The van der Waals surface area contributed by atoms with Gasteiger partial charge >= 0.3 is 5.97 Å². The van der Waals surface area contributed by atoms with Gasteiger partial charge in [0.05, 0.1) is 6.61 Å². The van der Waals surface area contributed by atoms with Crippen molar-refractivity contribution in [2.45, 2.75) is 45.8 Å². The van der Waals surface area contributed by atoms with Gasteiger partial charge in [-0.2, -0.15) is 0 Å². The van der Waals surface area contributed by atoms with E-state index >= 15 is 0 Å². The van der Waals surface area contributed by atoms with Crippen LogP contribution in [0, 0.1) is 11.5 Å². The van der Waals surface area contributed by atoms with E-state index < -0.39 is 8.07 Å². The smallest absolute Gasteiger partial charge is 0.332 e. The second-order valence-electron chi connectivity index (χ2n) is 6.80. The summed E-state index contributed by atoms with van der Waals surface area (Å²) < 4.78 is 5.02. The number of ether oxygens (including phenoxy) is 1. The molecular formula is C19H26O2Si. The Kier molecular flexibility index (Phi) is 6.19. The van der Waals surface area contributed by atoms with Crippen LogP contribution in [-0.2, 0) is 9.53 Å². The lowest BCUT2D eigenvalue weighted by Gasteiger charge is -2.31. The molecule has 0 fully saturated rings. The van der Waals surface area contributed by atoms with Crippen LogP contribution in [0.5, 0.6) is 0 Å². The van der Waals surface area contributed by atoms with Crippen molar-refractivity contribution in [3.05, 3.63) is 42.0 Å². The summed E-state index contributed by atoms with van der Waals surface area (Å²) in [6.07, 6.45) is 1.50. The van der Waals surface area contributed by atoms with Gasteiger partial charge in [0, 0.05) is 11.6 Å². The van der Waals surface area contributed by atoms with Gasteiger partial charge in [-0.1, -0.05) is 70.1 Å². The number of hydrogen-bond donors (Lipinski definition) is 0. The summed E-state index contributed by atoms with van der Waals surface area (Å²) >= 11 is 0. The first-order valence-electron chi connectivity index (χ1n) is 7.64. The molecule has 3 heteroatoms. The summed E-state index contributed by atoms with van der Waals surface area (Å²) in [6.45, 7) is 13.4. The predicted molar refractivity (Wildman–Crippen MR) is 96.0 cm³/mol. The minimum atomic E-state index is -1.72. The van der Waals surface area contributed by atoms with Gasteiger partial charge in [0.25, 0.3) is 0 Å². The van der Waals surface area contributed by atoms with Gasteiger partial charge < -0.3 is 4.74 Å². The molecule has 0 N–H and O–H groups in total. The van der Waals surface area contributed by atoms with E-state index in [1.165, 1.54) is 6.08 Å². The lowest BCUT2D eigenvalue weighted by atomic mass is 10.1. The summed E-state index contributed by atoms with van der Waals surface area (Å²) in [5.41, 5.74) is 5.13. The predicted octanol–water partition coefficient (Wildman–Crippen LogP) is 4.68. The largest absolute Gasteiger partial charge is 0.463 e. The molecule has 2 nitrogen and oxygen atoms in total. The highest BCUT2D eigenvalue weighted by Gasteiger charge is 2.33. The maximum atomic E-state index is 11.8. The third-order valence-corrected chi connectivity index (χ3v) is 8.52. The molecule has 0 unspecified atom stereocenters. The molecule has 0 radical (unpaired) electrons. The van der Waals surface area contributed by atoms with Crippen LogP contribution in [0.3, 0.4) is 0 Å². The third-order valence-electron chi connectivity index (χ3n) is 4.02. The van der Waals surface area contributed by atoms with Gasteiger partial charge in [-0.05, 0) is 17.5 Å². The highest BCUT2D eigenvalue weighted by Crippen LogP contribution is 2.35. The van der Waals surface area contributed by atoms with Crippen LogP contribution in [-0.4, -0.2) is 20.7 Å². The molecule has 0 heterocycles. The van der Waals surface area contributed by atoms with Crippen molar-refractivity contribution in [2.24, 2.45) is 0 Å². The summed E-state index contributed by atoms with van der Waals surface area (Å²) in [5, 5.41) is 0.186. The first-order valence-corrected chi connectivity index (χ1v) is 10.6.